The van der Waals surface area contributed by atoms with Crippen molar-refractivity contribution in [3.05, 3.63) is 12.4 Å². The lowest BCUT2D eigenvalue weighted by Crippen LogP contribution is -2.47. The molecule has 1 aliphatic carbocycles. The lowest BCUT2D eigenvalue weighted by molar-refractivity contribution is 0.310. The third-order valence-electron chi connectivity index (χ3n) is 2.81. The van der Waals surface area contributed by atoms with Crippen LogP contribution in [-0.2, 0) is 0 Å². The van der Waals surface area contributed by atoms with Crippen molar-refractivity contribution in [1.29, 1.82) is 0 Å². The molecule has 1 saturated carbocycles. The molecule has 0 aliphatic heterocycles. The zero-order chi connectivity index (χ0) is 10.7. The van der Waals surface area contributed by atoms with Crippen molar-refractivity contribution < 1.29 is 0 Å². The molecular formula is C10H14ClN3S. The van der Waals surface area contributed by atoms with E-state index in [0.29, 0.717) is 5.88 Å². The topological polar surface area (TPSA) is 37.8 Å². The van der Waals surface area contributed by atoms with Crippen LogP contribution in [0.2, 0.25) is 0 Å². The number of aromatic nitrogens is 2. The molecule has 0 amide bonds. The van der Waals surface area contributed by atoms with Gasteiger partial charge in [-0.3, -0.25) is 0 Å². The van der Waals surface area contributed by atoms with Crippen LogP contribution in [0, 0.1) is 0 Å². The summed E-state index contributed by atoms with van der Waals surface area (Å²) in [5, 5.41) is 4.40. The van der Waals surface area contributed by atoms with Crippen LogP contribution in [0.15, 0.2) is 17.4 Å². The van der Waals surface area contributed by atoms with E-state index in [0.717, 1.165) is 23.7 Å². The van der Waals surface area contributed by atoms with Crippen molar-refractivity contribution in [2.24, 2.45) is 0 Å². The molecule has 1 aromatic rings. The van der Waals surface area contributed by atoms with Crippen LogP contribution in [-0.4, -0.2) is 27.6 Å². The molecule has 0 bridgehead atoms. The second kappa shape index (κ2) is 4.58. The summed E-state index contributed by atoms with van der Waals surface area (Å²) in [4.78, 5) is 8.34. The second-order valence-electron chi connectivity index (χ2n) is 3.84. The molecule has 1 aromatic heterocycles. The minimum atomic E-state index is 0.0750. The van der Waals surface area contributed by atoms with Gasteiger partial charge in [-0.25, -0.2) is 9.97 Å². The lowest BCUT2D eigenvalue weighted by atomic mass is 9.78. The van der Waals surface area contributed by atoms with Crippen LogP contribution in [0.5, 0.6) is 0 Å². The van der Waals surface area contributed by atoms with E-state index in [4.69, 9.17) is 11.6 Å². The highest BCUT2D eigenvalue weighted by Crippen LogP contribution is 2.36. The smallest absolute Gasteiger partial charge is 0.130 e. The van der Waals surface area contributed by atoms with Crippen LogP contribution >= 0.6 is 23.4 Å². The van der Waals surface area contributed by atoms with Gasteiger partial charge < -0.3 is 5.32 Å². The fourth-order valence-electron chi connectivity index (χ4n) is 1.69. The first-order valence-corrected chi connectivity index (χ1v) is 6.74. The van der Waals surface area contributed by atoms with Gasteiger partial charge in [-0.15, -0.1) is 23.4 Å². The summed E-state index contributed by atoms with van der Waals surface area (Å²) < 4.78 is 0. The Bertz CT molecular complexity index is 336. The van der Waals surface area contributed by atoms with E-state index in [-0.39, 0.29) is 5.54 Å². The summed E-state index contributed by atoms with van der Waals surface area (Å²) >= 11 is 7.59. The van der Waals surface area contributed by atoms with Crippen LogP contribution in [0.3, 0.4) is 0 Å². The Morgan fingerprint density at radius 1 is 1.53 bits per heavy atom. The Morgan fingerprint density at radius 3 is 2.87 bits per heavy atom. The van der Waals surface area contributed by atoms with Crippen LogP contribution in [0.4, 0.5) is 5.82 Å². The zero-order valence-corrected chi connectivity index (χ0v) is 10.2. The number of anilines is 1. The Labute approximate surface area is 99.0 Å². The zero-order valence-electron chi connectivity index (χ0n) is 8.66. The second-order valence-corrected chi connectivity index (χ2v) is 4.93. The van der Waals surface area contributed by atoms with Gasteiger partial charge in [0.05, 0.1) is 5.54 Å². The van der Waals surface area contributed by atoms with Crippen molar-refractivity contribution in [3.63, 3.8) is 0 Å². The summed E-state index contributed by atoms with van der Waals surface area (Å²) in [6.07, 6.45) is 7.12. The molecule has 1 aliphatic rings. The minimum Gasteiger partial charge on any atom is -0.363 e. The Balaban J connectivity index is 2.09. The van der Waals surface area contributed by atoms with Gasteiger partial charge in [-0.1, -0.05) is 0 Å². The van der Waals surface area contributed by atoms with Crippen LogP contribution in [0.25, 0.3) is 0 Å². The molecule has 0 atom stereocenters. The van der Waals surface area contributed by atoms with Crippen molar-refractivity contribution in [2.75, 3.05) is 17.5 Å². The van der Waals surface area contributed by atoms with Gasteiger partial charge in [0.2, 0.25) is 0 Å². The van der Waals surface area contributed by atoms with E-state index in [1.807, 2.05) is 12.3 Å². The minimum absolute atomic E-state index is 0.0750. The molecule has 15 heavy (non-hydrogen) atoms. The third kappa shape index (κ3) is 2.37. The monoisotopic (exact) mass is 243 g/mol. The average Bonchev–Trinajstić information content (AvgIpc) is 2.24. The number of hydrogen-bond donors (Lipinski definition) is 1. The maximum absolute atomic E-state index is 5.97. The number of nitrogens with zero attached hydrogens (tertiary/aromatic N) is 2. The quantitative estimate of drug-likeness (QED) is 0.501. The molecule has 2 rings (SSSR count). The highest BCUT2D eigenvalue weighted by Gasteiger charge is 2.36. The number of rotatable bonds is 4. The molecule has 82 valence electrons. The molecule has 1 fully saturated rings. The van der Waals surface area contributed by atoms with E-state index in [9.17, 15) is 0 Å². The van der Waals surface area contributed by atoms with Gasteiger partial charge in [-0.05, 0) is 25.5 Å². The SMILES string of the molecule is CSc1cc(NC2(CCl)CCC2)ncn1. The first-order chi connectivity index (χ1) is 7.28. The van der Waals surface area contributed by atoms with E-state index in [1.165, 1.54) is 6.42 Å². The van der Waals surface area contributed by atoms with Gasteiger partial charge in [0.15, 0.2) is 0 Å². The molecule has 0 aromatic carbocycles. The molecule has 3 nitrogen and oxygen atoms in total. The molecule has 1 heterocycles. The van der Waals surface area contributed by atoms with Crippen molar-refractivity contribution >= 4 is 29.2 Å². The lowest BCUT2D eigenvalue weighted by Gasteiger charge is -2.41. The highest BCUT2D eigenvalue weighted by atomic mass is 35.5. The van der Waals surface area contributed by atoms with Crippen molar-refractivity contribution in [3.8, 4) is 0 Å². The number of alkyl halides is 1. The third-order valence-corrected chi connectivity index (χ3v) is 3.96. The van der Waals surface area contributed by atoms with Crippen LogP contribution in [0.1, 0.15) is 19.3 Å². The number of hydrogen-bond acceptors (Lipinski definition) is 4. The van der Waals surface area contributed by atoms with Gasteiger partial charge in [0, 0.05) is 11.9 Å². The van der Waals surface area contributed by atoms with Crippen LogP contribution < -0.4 is 5.32 Å². The Hall–Kier alpha value is -0.480. The predicted octanol–water partition coefficient (Wildman–Crippen LogP) is 2.77. The number of thioether (sulfide) groups is 1. The van der Waals surface area contributed by atoms with E-state index >= 15 is 0 Å². The summed E-state index contributed by atoms with van der Waals surface area (Å²) in [6, 6.07) is 1.97. The van der Waals surface area contributed by atoms with E-state index in [1.54, 1.807) is 18.1 Å². The van der Waals surface area contributed by atoms with Gasteiger partial charge in [0.1, 0.15) is 17.2 Å². The number of nitrogens with one attached hydrogen (secondary N) is 1. The molecule has 0 radical (unpaired) electrons. The Kier molecular flexibility index (Phi) is 3.36. The van der Waals surface area contributed by atoms with Gasteiger partial charge in [0.25, 0.3) is 0 Å². The van der Waals surface area contributed by atoms with Gasteiger partial charge >= 0.3 is 0 Å². The first kappa shape index (κ1) is 11.0. The first-order valence-electron chi connectivity index (χ1n) is 4.98. The Morgan fingerprint density at radius 2 is 2.33 bits per heavy atom. The maximum atomic E-state index is 5.97. The molecule has 5 heteroatoms. The molecule has 0 spiro atoms. The summed E-state index contributed by atoms with van der Waals surface area (Å²) in [5.74, 6) is 1.53. The fraction of sp³-hybridized carbons (Fsp3) is 0.600. The predicted molar refractivity (Wildman–Crippen MR) is 64.7 cm³/mol. The number of halogens is 1. The van der Waals surface area contributed by atoms with E-state index < -0.39 is 0 Å². The van der Waals surface area contributed by atoms with Crippen molar-refractivity contribution in [2.45, 2.75) is 29.8 Å². The highest BCUT2D eigenvalue weighted by molar-refractivity contribution is 7.98. The maximum Gasteiger partial charge on any atom is 0.130 e. The van der Waals surface area contributed by atoms with Gasteiger partial charge in [-0.2, -0.15) is 0 Å². The van der Waals surface area contributed by atoms with E-state index in [2.05, 4.69) is 15.3 Å². The largest absolute Gasteiger partial charge is 0.363 e. The summed E-state index contributed by atoms with van der Waals surface area (Å²) in [5.41, 5.74) is 0.0750. The summed E-state index contributed by atoms with van der Waals surface area (Å²) in [6.45, 7) is 0. The fourth-order valence-corrected chi connectivity index (χ4v) is 2.40. The molecule has 0 saturated heterocycles. The average molecular weight is 244 g/mol. The standard InChI is InChI=1S/C10H14ClN3S/c1-15-9-5-8(12-7-13-9)14-10(6-11)3-2-4-10/h5,7H,2-4,6H2,1H3,(H,12,13,14). The van der Waals surface area contributed by atoms with Crippen molar-refractivity contribution in [1.82, 2.24) is 9.97 Å². The molecule has 0 unspecified atom stereocenters. The molecule has 1 N–H and O–H groups in total. The summed E-state index contributed by atoms with van der Waals surface area (Å²) in [7, 11) is 0. The normalized spacial score (nSPS) is 18.3. The molecular weight excluding hydrogens is 230 g/mol.